The first-order chi connectivity index (χ1) is 9.74. The van der Waals surface area contributed by atoms with Crippen LogP contribution < -0.4 is 5.73 Å². The Balaban J connectivity index is 2.12. The molecule has 0 aromatic heterocycles. The van der Waals surface area contributed by atoms with Crippen LogP contribution in [0.1, 0.15) is 23.1 Å². The van der Waals surface area contributed by atoms with Crippen molar-refractivity contribution in [3.05, 3.63) is 59.2 Å². The van der Waals surface area contributed by atoms with Crippen molar-refractivity contribution in [3.8, 4) is 0 Å². The molecule has 3 aromatic carbocycles. The van der Waals surface area contributed by atoms with Crippen LogP contribution in [0.4, 0.5) is 0 Å². The summed E-state index contributed by atoms with van der Waals surface area (Å²) in [6.45, 7) is 2.22. The molecule has 1 atom stereocenters. The van der Waals surface area contributed by atoms with Crippen LogP contribution in [0.5, 0.6) is 0 Å². The van der Waals surface area contributed by atoms with Gasteiger partial charge in [0.15, 0.2) is 0 Å². The second-order valence-electron chi connectivity index (χ2n) is 6.04. The van der Waals surface area contributed by atoms with Crippen molar-refractivity contribution >= 4 is 21.5 Å². The summed E-state index contributed by atoms with van der Waals surface area (Å²) in [5, 5.41) is 5.57. The Labute approximate surface area is 119 Å². The van der Waals surface area contributed by atoms with E-state index in [0.717, 1.165) is 19.3 Å². The minimum Gasteiger partial charge on any atom is -0.327 e. The molecule has 2 N–H and O–H groups in total. The summed E-state index contributed by atoms with van der Waals surface area (Å²) in [6, 6.07) is 16.0. The molecule has 0 saturated carbocycles. The molecule has 1 heteroatoms. The highest BCUT2D eigenvalue weighted by atomic mass is 14.6. The summed E-state index contributed by atoms with van der Waals surface area (Å²) in [5.74, 6) is 0. The van der Waals surface area contributed by atoms with Gasteiger partial charge in [-0.3, -0.25) is 0 Å². The standard InChI is InChI=1S/C19H19N/c1-12-10-19-16-9-7-14(20)11-13(16)6-8-18(19)17-5-3-2-4-15(12)17/h2-6,8,10,14H,7,9,11,20H2,1H3. The Bertz CT molecular complexity index is 817. The molecular weight excluding hydrogens is 242 g/mol. The Morgan fingerprint density at radius 2 is 1.70 bits per heavy atom. The molecule has 0 bridgehead atoms. The Morgan fingerprint density at radius 1 is 0.950 bits per heavy atom. The van der Waals surface area contributed by atoms with Crippen LogP contribution in [0.3, 0.4) is 0 Å². The van der Waals surface area contributed by atoms with E-state index in [9.17, 15) is 0 Å². The van der Waals surface area contributed by atoms with E-state index < -0.39 is 0 Å². The summed E-state index contributed by atoms with van der Waals surface area (Å²) < 4.78 is 0. The summed E-state index contributed by atoms with van der Waals surface area (Å²) in [7, 11) is 0. The lowest BCUT2D eigenvalue weighted by molar-refractivity contribution is 0.579. The van der Waals surface area contributed by atoms with Crippen molar-refractivity contribution in [3.63, 3.8) is 0 Å². The van der Waals surface area contributed by atoms with Crippen LogP contribution in [0.15, 0.2) is 42.5 Å². The first kappa shape index (κ1) is 11.9. The molecule has 0 heterocycles. The summed E-state index contributed by atoms with van der Waals surface area (Å²) in [5.41, 5.74) is 10.5. The molecule has 0 fully saturated rings. The van der Waals surface area contributed by atoms with Gasteiger partial charge in [0.05, 0.1) is 0 Å². The number of rotatable bonds is 0. The lowest BCUT2D eigenvalue weighted by atomic mass is 9.84. The maximum absolute atomic E-state index is 6.11. The van der Waals surface area contributed by atoms with E-state index in [1.807, 2.05) is 0 Å². The second kappa shape index (κ2) is 4.32. The zero-order chi connectivity index (χ0) is 13.7. The van der Waals surface area contributed by atoms with E-state index in [1.165, 1.54) is 38.2 Å². The number of fused-ring (bicyclic) bond motifs is 5. The molecule has 0 amide bonds. The largest absolute Gasteiger partial charge is 0.327 e. The molecule has 0 aliphatic heterocycles. The monoisotopic (exact) mass is 261 g/mol. The number of nitrogens with two attached hydrogens (primary N) is 1. The highest BCUT2D eigenvalue weighted by Gasteiger charge is 2.18. The van der Waals surface area contributed by atoms with Crippen molar-refractivity contribution < 1.29 is 0 Å². The van der Waals surface area contributed by atoms with Crippen LogP contribution in [-0.2, 0) is 12.8 Å². The molecule has 0 saturated heterocycles. The van der Waals surface area contributed by atoms with E-state index in [0.29, 0.717) is 6.04 Å². The summed E-state index contributed by atoms with van der Waals surface area (Å²) in [6.07, 6.45) is 3.25. The number of hydrogen-bond acceptors (Lipinski definition) is 1. The summed E-state index contributed by atoms with van der Waals surface area (Å²) >= 11 is 0. The van der Waals surface area contributed by atoms with Gasteiger partial charge < -0.3 is 5.73 Å². The average Bonchev–Trinajstić information content (AvgIpc) is 2.47. The van der Waals surface area contributed by atoms with E-state index in [2.05, 4.69) is 49.4 Å². The van der Waals surface area contributed by atoms with Gasteiger partial charge in [0, 0.05) is 6.04 Å². The normalized spacial score (nSPS) is 18.4. The Kier molecular flexibility index (Phi) is 2.58. The minimum absolute atomic E-state index is 0.335. The molecule has 0 radical (unpaired) electrons. The fraction of sp³-hybridized carbons (Fsp3) is 0.263. The highest BCUT2D eigenvalue weighted by Crippen LogP contribution is 2.34. The average molecular weight is 261 g/mol. The zero-order valence-corrected chi connectivity index (χ0v) is 11.8. The molecule has 3 aromatic rings. The van der Waals surface area contributed by atoms with E-state index in [1.54, 1.807) is 0 Å². The lowest BCUT2D eigenvalue weighted by Gasteiger charge is -2.23. The van der Waals surface area contributed by atoms with Gasteiger partial charge in [-0.1, -0.05) is 42.5 Å². The number of hydrogen-bond donors (Lipinski definition) is 1. The predicted molar refractivity (Wildman–Crippen MR) is 86.2 cm³/mol. The van der Waals surface area contributed by atoms with Crippen LogP contribution in [0.25, 0.3) is 21.5 Å². The van der Waals surface area contributed by atoms with Crippen molar-refractivity contribution in [1.29, 1.82) is 0 Å². The van der Waals surface area contributed by atoms with E-state index in [4.69, 9.17) is 5.73 Å². The molecule has 4 rings (SSSR count). The number of benzene rings is 3. The first-order valence-electron chi connectivity index (χ1n) is 7.42. The van der Waals surface area contributed by atoms with Crippen molar-refractivity contribution in [1.82, 2.24) is 0 Å². The maximum atomic E-state index is 6.11. The second-order valence-corrected chi connectivity index (χ2v) is 6.04. The Morgan fingerprint density at radius 3 is 2.55 bits per heavy atom. The van der Waals surface area contributed by atoms with Crippen molar-refractivity contribution in [2.45, 2.75) is 32.2 Å². The first-order valence-corrected chi connectivity index (χ1v) is 7.42. The number of aryl methyl sites for hydroxylation is 2. The smallest absolute Gasteiger partial charge is 0.00825 e. The molecule has 1 aliphatic carbocycles. The summed E-state index contributed by atoms with van der Waals surface area (Å²) in [4.78, 5) is 0. The van der Waals surface area contributed by atoms with Gasteiger partial charge in [0.25, 0.3) is 0 Å². The van der Waals surface area contributed by atoms with E-state index >= 15 is 0 Å². The molecule has 0 spiro atoms. The van der Waals surface area contributed by atoms with E-state index in [-0.39, 0.29) is 0 Å². The van der Waals surface area contributed by atoms with Crippen LogP contribution in [-0.4, -0.2) is 6.04 Å². The van der Waals surface area contributed by atoms with Crippen LogP contribution in [0, 0.1) is 6.92 Å². The van der Waals surface area contributed by atoms with Crippen molar-refractivity contribution in [2.24, 2.45) is 5.73 Å². The van der Waals surface area contributed by atoms with Crippen molar-refractivity contribution in [2.75, 3.05) is 0 Å². The third-order valence-corrected chi connectivity index (χ3v) is 4.70. The lowest BCUT2D eigenvalue weighted by Crippen LogP contribution is -2.27. The minimum atomic E-state index is 0.335. The third-order valence-electron chi connectivity index (χ3n) is 4.70. The van der Waals surface area contributed by atoms with Gasteiger partial charge in [0.2, 0.25) is 0 Å². The SMILES string of the molecule is Cc1cc2c3c(ccc2c2ccccc12)CC(N)CC3. The van der Waals surface area contributed by atoms with Crippen LogP contribution in [0.2, 0.25) is 0 Å². The topological polar surface area (TPSA) is 26.0 Å². The maximum Gasteiger partial charge on any atom is 0.00825 e. The fourth-order valence-corrected chi connectivity index (χ4v) is 3.67. The molecule has 100 valence electrons. The molecule has 1 nitrogen and oxygen atoms in total. The molecular formula is C19H19N. The van der Waals surface area contributed by atoms with Gasteiger partial charge >= 0.3 is 0 Å². The fourth-order valence-electron chi connectivity index (χ4n) is 3.67. The third kappa shape index (κ3) is 1.66. The van der Waals surface area contributed by atoms with Gasteiger partial charge in [-0.2, -0.15) is 0 Å². The van der Waals surface area contributed by atoms with Gasteiger partial charge in [-0.05, 0) is 64.4 Å². The predicted octanol–water partition coefficient (Wildman–Crippen LogP) is 4.12. The quantitative estimate of drug-likeness (QED) is 0.605. The zero-order valence-electron chi connectivity index (χ0n) is 11.8. The van der Waals surface area contributed by atoms with Gasteiger partial charge in [0.1, 0.15) is 0 Å². The molecule has 1 aliphatic rings. The highest BCUT2D eigenvalue weighted by molar-refractivity contribution is 6.10. The van der Waals surface area contributed by atoms with Crippen LogP contribution >= 0.6 is 0 Å². The Hall–Kier alpha value is -1.86. The van der Waals surface area contributed by atoms with Gasteiger partial charge in [-0.25, -0.2) is 0 Å². The molecule has 1 unspecified atom stereocenters. The molecule has 20 heavy (non-hydrogen) atoms. The van der Waals surface area contributed by atoms with Gasteiger partial charge in [-0.15, -0.1) is 0 Å².